The second kappa shape index (κ2) is 15.7. The summed E-state index contributed by atoms with van der Waals surface area (Å²) in [5, 5.41) is 0. The van der Waals surface area contributed by atoms with Crippen molar-refractivity contribution >= 4 is 0 Å². The fraction of sp³-hybridized carbons (Fsp3) is 0.316. The average molecular weight is 358 g/mol. The normalized spacial score (nSPS) is 12.9. The van der Waals surface area contributed by atoms with Crippen molar-refractivity contribution in [3.63, 3.8) is 0 Å². The van der Waals surface area contributed by atoms with Crippen molar-refractivity contribution in [1.82, 2.24) is 0 Å². The number of allylic oxidation sites excluding steroid dienone is 4. The summed E-state index contributed by atoms with van der Waals surface area (Å²) in [5.74, 6) is 0. The van der Waals surface area contributed by atoms with Crippen LogP contribution in [0, 0.1) is 11.5 Å². The van der Waals surface area contributed by atoms with Gasteiger partial charge in [-0.15, -0.1) is 24.1 Å². The zero-order chi connectivity index (χ0) is 16.1. The minimum atomic E-state index is 0. The molecule has 20 heavy (non-hydrogen) atoms. The van der Waals surface area contributed by atoms with Gasteiger partial charge in [0.05, 0.1) is 0 Å². The first-order valence-electron chi connectivity index (χ1n) is 5.87. The summed E-state index contributed by atoms with van der Waals surface area (Å²) in [6.07, 6.45) is 3.44. The molecule has 1 aliphatic rings. The number of hydrogen-bond donors (Lipinski definition) is 0. The third-order valence-corrected chi connectivity index (χ3v) is 2.56. The first-order chi connectivity index (χ1) is 8.69. The monoisotopic (exact) mass is 358 g/mol. The molecule has 0 bridgehead atoms. The molecule has 0 nitrogen and oxygen atoms in total. The van der Waals surface area contributed by atoms with Crippen LogP contribution in [0.4, 0.5) is 0 Å². The van der Waals surface area contributed by atoms with Gasteiger partial charge < -0.3 is 0 Å². The second-order valence-electron chi connectivity index (χ2n) is 4.38. The third-order valence-electron chi connectivity index (χ3n) is 2.56. The summed E-state index contributed by atoms with van der Waals surface area (Å²) in [7, 11) is 0. The summed E-state index contributed by atoms with van der Waals surface area (Å²) in [6.45, 7) is 29.7. The van der Waals surface area contributed by atoms with Gasteiger partial charge in [0.25, 0.3) is 0 Å². The maximum Gasteiger partial charge on any atom is 0 e. The molecular formula is C19H27Rh-. The quantitative estimate of drug-likeness (QED) is 0.284. The molecule has 0 unspecified atom stereocenters. The van der Waals surface area contributed by atoms with Gasteiger partial charge in [0.1, 0.15) is 0 Å². The van der Waals surface area contributed by atoms with Crippen molar-refractivity contribution in [3.8, 4) is 0 Å². The first kappa shape index (κ1) is 27.1. The van der Waals surface area contributed by atoms with Crippen LogP contribution in [0.2, 0.25) is 0 Å². The maximum atomic E-state index is 3.44. The van der Waals surface area contributed by atoms with Gasteiger partial charge in [-0.25, -0.2) is 5.57 Å². The maximum absolute atomic E-state index is 3.44. The van der Waals surface area contributed by atoms with E-state index in [2.05, 4.69) is 97.4 Å². The Morgan fingerprint density at radius 2 is 1.05 bits per heavy atom. The van der Waals surface area contributed by atoms with Crippen LogP contribution in [0.15, 0.2) is 73.4 Å². The molecule has 0 aromatic carbocycles. The van der Waals surface area contributed by atoms with Gasteiger partial charge in [0.2, 0.25) is 0 Å². The largest absolute Gasteiger partial charge is 0.263 e. The van der Waals surface area contributed by atoms with E-state index in [9.17, 15) is 0 Å². The van der Waals surface area contributed by atoms with Crippen LogP contribution in [0.25, 0.3) is 0 Å². The second-order valence-corrected chi connectivity index (χ2v) is 4.38. The van der Waals surface area contributed by atoms with E-state index >= 15 is 0 Å². The molecule has 0 N–H and O–H groups in total. The Balaban J connectivity index is -0.000000108. The number of rotatable bonds is 0. The molecule has 1 radical (unpaired) electrons. The van der Waals surface area contributed by atoms with Crippen LogP contribution in [0.5, 0.6) is 0 Å². The minimum absolute atomic E-state index is 0. The van der Waals surface area contributed by atoms with E-state index in [0.717, 1.165) is 0 Å². The minimum Gasteiger partial charge on any atom is -0.263 e. The zero-order valence-corrected chi connectivity index (χ0v) is 15.2. The van der Waals surface area contributed by atoms with Gasteiger partial charge in [-0.05, 0) is 0 Å². The molecule has 0 aromatic rings. The van der Waals surface area contributed by atoms with Gasteiger partial charge in [0.15, 0.2) is 0 Å². The molecule has 0 saturated carbocycles. The standard InChI is InChI=1S/C10H15.3C3H4.Rh/c1-7-6-10(4,5)9(3)8(7)2;3*1-3-2;/h1-5H3;3*1-2H2;/q-1;;;;. The van der Waals surface area contributed by atoms with E-state index in [1.807, 2.05) is 0 Å². The predicted octanol–water partition coefficient (Wildman–Crippen LogP) is 5.98. The fourth-order valence-corrected chi connectivity index (χ4v) is 1.41. The van der Waals surface area contributed by atoms with E-state index in [1.54, 1.807) is 0 Å². The Morgan fingerprint density at radius 3 is 1.10 bits per heavy atom. The molecule has 0 aliphatic heterocycles. The van der Waals surface area contributed by atoms with E-state index in [4.69, 9.17) is 0 Å². The molecule has 113 valence electrons. The number of hydrogen-bond acceptors (Lipinski definition) is 0. The first-order valence-corrected chi connectivity index (χ1v) is 5.87. The van der Waals surface area contributed by atoms with Crippen molar-refractivity contribution in [3.05, 3.63) is 79.5 Å². The summed E-state index contributed by atoms with van der Waals surface area (Å²) < 4.78 is 0. The molecule has 0 spiro atoms. The fourth-order valence-electron chi connectivity index (χ4n) is 1.41. The Morgan fingerprint density at radius 1 is 0.800 bits per heavy atom. The third kappa shape index (κ3) is 13.1. The summed E-state index contributed by atoms with van der Waals surface area (Å²) >= 11 is 0. The molecule has 0 amide bonds. The van der Waals surface area contributed by atoms with Crippen molar-refractivity contribution in [1.29, 1.82) is 0 Å². The van der Waals surface area contributed by atoms with Gasteiger partial charge in [-0.1, -0.05) is 72.6 Å². The smallest absolute Gasteiger partial charge is 0 e. The molecule has 1 aliphatic carbocycles. The van der Waals surface area contributed by atoms with Gasteiger partial charge in [-0.3, -0.25) is 6.08 Å². The van der Waals surface area contributed by atoms with E-state index < -0.39 is 0 Å². The Hall–Kier alpha value is -1.34. The Labute approximate surface area is 139 Å². The van der Waals surface area contributed by atoms with E-state index in [0.29, 0.717) is 0 Å². The van der Waals surface area contributed by atoms with Gasteiger partial charge in [-0.2, -0.15) is 11.1 Å². The topological polar surface area (TPSA) is 0 Å². The molecule has 0 saturated heterocycles. The molecule has 0 heterocycles. The van der Waals surface area contributed by atoms with Crippen LogP contribution in [-0.4, -0.2) is 0 Å². The molecule has 0 atom stereocenters. The Bertz CT molecular complexity index is 396. The summed E-state index contributed by atoms with van der Waals surface area (Å²) in [4.78, 5) is 0. The Kier molecular flexibility index (Phi) is 21.3. The molecule has 1 rings (SSSR count). The molecule has 0 aromatic heterocycles. The average Bonchev–Trinajstić information content (AvgIpc) is 2.45. The van der Waals surface area contributed by atoms with Crippen LogP contribution >= 0.6 is 0 Å². The molecular weight excluding hydrogens is 331 g/mol. The zero-order valence-electron chi connectivity index (χ0n) is 13.6. The van der Waals surface area contributed by atoms with Crippen molar-refractivity contribution in [2.24, 2.45) is 5.41 Å². The van der Waals surface area contributed by atoms with Crippen LogP contribution in [0.3, 0.4) is 0 Å². The predicted molar refractivity (Wildman–Crippen MR) is 88.9 cm³/mol. The summed E-state index contributed by atoms with van der Waals surface area (Å²) in [6, 6.07) is 0. The molecule has 0 fully saturated rings. The molecule has 1 heteroatoms. The SMILES string of the molecule is C=C=C.C=C=C.C=C=C.CC1=[C-]C(C)(C)C(C)=C1C.[Rh]. The van der Waals surface area contributed by atoms with Gasteiger partial charge in [0, 0.05) is 19.5 Å². The van der Waals surface area contributed by atoms with Crippen LogP contribution in [-0.2, 0) is 19.5 Å². The van der Waals surface area contributed by atoms with Crippen molar-refractivity contribution < 1.29 is 19.5 Å². The van der Waals surface area contributed by atoms with Gasteiger partial charge >= 0.3 is 0 Å². The summed E-state index contributed by atoms with van der Waals surface area (Å²) in [5.41, 5.74) is 11.1. The van der Waals surface area contributed by atoms with Crippen LogP contribution < -0.4 is 0 Å². The van der Waals surface area contributed by atoms with Crippen molar-refractivity contribution in [2.75, 3.05) is 0 Å². The van der Waals surface area contributed by atoms with Crippen molar-refractivity contribution in [2.45, 2.75) is 34.6 Å². The van der Waals surface area contributed by atoms with E-state index in [1.165, 1.54) is 16.7 Å². The van der Waals surface area contributed by atoms with Crippen LogP contribution in [0.1, 0.15) is 34.6 Å². The van der Waals surface area contributed by atoms with E-state index in [-0.39, 0.29) is 24.9 Å².